The molecule has 0 aliphatic heterocycles. The van der Waals surface area contributed by atoms with E-state index in [-0.39, 0.29) is 5.91 Å². The van der Waals surface area contributed by atoms with Crippen molar-refractivity contribution in [3.8, 4) is 0 Å². The van der Waals surface area contributed by atoms with Gasteiger partial charge in [0, 0.05) is 22.3 Å². The summed E-state index contributed by atoms with van der Waals surface area (Å²) in [5.41, 5.74) is 3.57. The molecule has 0 saturated carbocycles. The van der Waals surface area contributed by atoms with Crippen LogP contribution in [0.25, 0.3) is 0 Å². The lowest BCUT2D eigenvalue weighted by Crippen LogP contribution is -2.12. The lowest BCUT2D eigenvalue weighted by Gasteiger charge is -2.09. The molecule has 2 rings (SSSR count). The summed E-state index contributed by atoms with van der Waals surface area (Å²) in [5, 5.41) is 6.21. The molecule has 0 aliphatic rings. The summed E-state index contributed by atoms with van der Waals surface area (Å²) in [6, 6.07) is 13.4. The Balaban J connectivity index is 2.07. The Morgan fingerprint density at radius 3 is 2.52 bits per heavy atom. The Morgan fingerprint density at radius 2 is 1.86 bits per heavy atom. The van der Waals surface area contributed by atoms with Crippen LogP contribution in [0, 0.1) is 6.92 Å². The van der Waals surface area contributed by atoms with E-state index in [1.54, 1.807) is 0 Å². The van der Waals surface area contributed by atoms with E-state index < -0.39 is 0 Å². The van der Waals surface area contributed by atoms with Gasteiger partial charge in [-0.15, -0.1) is 0 Å². The largest absolute Gasteiger partial charge is 0.385 e. The molecule has 0 spiro atoms. The van der Waals surface area contributed by atoms with E-state index in [1.807, 2.05) is 49.4 Å². The number of hydrogen-bond donors (Lipinski definition) is 2. The monoisotopic (exact) mass is 346 g/mol. The number of rotatable bonds is 5. The maximum atomic E-state index is 12.3. The van der Waals surface area contributed by atoms with Crippen molar-refractivity contribution >= 4 is 33.2 Å². The fourth-order valence-electron chi connectivity index (χ4n) is 1.94. The van der Waals surface area contributed by atoms with Gasteiger partial charge in [0.2, 0.25) is 0 Å². The van der Waals surface area contributed by atoms with E-state index in [1.165, 1.54) is 0 Å². The SMILES string of the molecule is CCCNc1ccc(C(=O)Nc2cc(C)ccc2Br)cc1. The zero-order valence-corrected chi connectivity index (χ0v) is 13.8. The normalized spacial score (nSPS) is 10.2. The molecular formula is C17H19BrN2O. The molecule has 2 aromatic rings. The number of carbonyl (C=O) groups excluding carboxylic acids is 1. The van der Waals surface area contributed by atoms with E-state index in [9.17, 15) is 4.79 Å². The van der Waals surface area contributed by atoms with Crippen molar-refractivity contribution in [2.24, 2.45) is 0 Å². The molecular weight excluding hydrogens is 328 g/mol. The summed E-state index contributed by atoms with van der Waals surface area (Å²) in [7, 11) is 0. The fraction of sp³-hybridized carbons (Fsp3) is 0.235. The molecule has 0 bridgehead atoms. The van der Waals surface area contributed by atoms with Gasteiger partial charge in [0.25, 0.3) is 5.91 Å². The van der Waals surface area contributed by atoms with Crippen molar-refractivity contribution in [2.75, 3.05) is 17.2 Å². The van der Waals surface area contributed by atoms with E-state index in [0.29, 0.717) is 5.56 Å². The van der Waals surface area contributed by atoms with Gasteiger partial charge in [-0.25, -0.2) is 0 Å². The highest BCUT2D eigenvalue weighted by atomic mass is 79.9. The molecule has 0 heterocycles. The summed E-state index contributed by atoms with van der Waals surface area (Å²) < 4.78 is 0.877. The second-order valence-electron chi connectivity index (χ2n) is 4.94. The molecule has 0 fully saturated rings. The standard InChI is InChI=1S/C17H19BrN2O/c1-3-10-19-14-7-5-13(6-8-14)17(21)20-16-11-12(2)4-9-15(16)18/h4-9,11,19H,3,10H2,1-2H3,(H,20,21). The molecule has 21 heavy (non-hydrogen) atoms. The third kappa shape index (κ3) is 4.33. The number of aryl methyl sites for hydroxylation is 1. The molecule has 0 atom stereocenters. The van der Waals surface area contributed by atoms with Crippen LogP contribution in [-0.2, 0) is 0 Å². The molecule has 4 heteroatoms. The second kappa shape index (κ2) is 7.27. The number of anilines is 2. The molecule has 2 aromatic carbocycles. The maximum Gasteiger partial charge on any atom is 0.255 e. The zero-order valence-electron chi connectivity index (χ0n) is 12.2. The summed E-state index contributed by atoms with van der Waals surface area (Å²) in [4.78, 5) is 12.3. The first-order valence-electron chi connectivity index (χ1n) is 7.01. The van der Waals surface area contributed by atoms with Gasteiger partial charge in [-0.2, -0.15) is 0 Å². The third-order valence-electron chi connectivity index (χ3n) is 3.10. The Kier molecular flexibility index (Phi) is 5.39. The van der Waals surface area contributed by atoms with Crippen LogP contribution < -0.4 is 10.6 Å². The van der Waals surface area contributed by atoms with Crippen molar-refractivity contribution in [1.29, 1.82) is 0 Å². The molecule has 0 saturated heterocycles. The summed E-state index contributed by atoms with van der Waals surface area (Å²) in [6.07, 6.45) is 1.07. The fourth-order valence-corrected chi connectivity index (χ4v) is 2.28. The predicted octanol–water partition coefficient (Wildman–Crippen LogP) is 4.83. The minimum Gasteiger partial charge on any atom is -0.385 e. The number of benzene rings is 2. The highest BCUT2D eigenvalue weighted by molar-refractivity contribution is 9.10. The lowest BCUT2D eigenvalue weighted by atomic mass is 10.1. The smallest absolute Gasteiger partial charge is 0.255 e. The quantitative estimate of drug-likeness (QED) is 0.813. The Labute approximate surface area is 133 Å². The van der Waals surface area contributed by atoms with Gasteiger partial charge >= 0.3 is 0 Å². The second-order valence-corrected chi connectivity index (χ2v) is 5.80. The van der Waals surface area contributed by atoms with Crippen LogP contribution in [0.5, 0.6) is 0 Å². The maximum absolute atomic E-state index is 12.3. The van der Waals surface area contributed by atoms with Gasteiger partial charge in [0.05, 0.1) is 5.69 Å². The van der Waals surface area contributed by atoms with E-state index in [2.05, 4.69) is 33.5 Å². The number of hydrogen-bond acceptors (Lipinski definition) is 2. The molecule has 1 amide bonds. The van der Waals surface area contributed by atoms with Crippen molar-refractivity contribution in [3.05, 3.63) is 58.1 Å². The highest BCUT2D eigenvalue weighted by Crippen LogP contribution is 2.24. The molecule has 110 valence electrons. The van der Waals surface area contributed by atoms with E-state index in [0.717, 1.165) is 34.4 Å². The van der Waals surface area contributed by atoms with Crippen LogP contribution in [0.15, 0.2) is 46.9 Å². The van der Waals surface area contributed by atoms with Crippen LogP contribution in [-0.4, -0.2) is 12.5 Å². The van der Waals surface area contributed by atoms with Gasteiger partial charge < -0.3 is 10.6 Å². The lowest BCUT2D eigenvalue weighted by molar-refractivity contribution is 0.102. The van der Waals surface area contributed by atoms with E-state index >= 15 is 0 Å². The molecule has 2 N–H and O–H groups in total. The number of amides is 1. The van der Waals surface area contributed by atoms with Crippen LogP contribution in [0.2, 0.25) is 0 Å². The first-order valence-corrected chi connectivity index (χ1v) is 7.81. The predicted molar refractivity (Wildman–Crippen MR) is 92.1 cm³/mol. The first kappa shape index (κ1) is 15.6. The van der Waals surface area contributed by atoms with Crippen LogP contribution in [0.3, 0.4) is 0 Å². The molecule has 0 unspecified atom stereocenters. The summed E-state index contributed by atoms with van der Waals surface area (Å²) in [6.45, 7) is 5.05. The van der Waals surface area contributed by atoms with Crippen molar-refractivity contribution in [2.45, 2.75) is 20.3 Å². The minimum absolute atomic E-state index is 0.108. The summed E-state index contributed by atoms with van der Waals surface area (Å²) >= 11 is 3.45. The Morgan fingerprint density at radius 1 is 1.14 bits per heavy atom. The summed E-state index contributed by atoms with van der Waals surface area (Å²) in [5.74, 6) is -0.108. The number of nitrogens with one attached hydrogen (secondary N) is 2. The van der Waals surface area contributed by atoms with Crippen molar-refractivity contribution < 1.29 is 4.79 Å². The molecule has 0 aliphatic carbocycles. The van der Waals surface area contributed by atoms with Crippen LogP contribution in [0.1, 0.15) is 29.3 Å². The van der Waals surface area contributed by atoms with Gasteiger partial charge in [0.1, 0.15) is 0 Å². The molecule has 3 nitrogen and oxygen atoms in total. The minimum atomic E-state index is -0.108. The number of halogens is 1. The van der Waals surface area contributed by atoms with Crippen LogP contribution in [0.4, 0.5) is 11.4 Å². The third-order valence-corrected chi connectivity index (χ3v) is 3.79. The average Bonchev–Trinajstić information content (AvgIpc) is 2.49. The van der Waals surface area contributed by atoms with Crippen molar-refractivity contribution in [3.63, 3.8) is 0 Å². The molecule has 0 radical (unpaired) electrons. The van der Waals surface area contributed by atoms with Gasteiger partial charge in [-0.1, -0.05) is 13.0 Å². The van der Waals surface area contributed by atoms with E-state index in [4.69, 9.17) is 0 Å². The topological polar surface area (TPSA) is 41.1 Å². The van der Waals surface area contributed by atoms with Gasteiger partial charge in [-0.3, -0.25) is 4.79 Å². The molecule has 0 aromatic heterocycles. The zero-order chi connectivity index (χ0) is 15.2. The van der Waals surface area contributed by atoms with Gasteiger partial charge in [0.15, 0.2) is 0 Å². The Hall–Kier alpha value is -1.81. The number of carbonyl (C=O) groups is 1. The first-order chi connectivity index (χ1) is 10.1. The van der Waals surface area contributed by atoms with Crippen molar-refractivity contribution in [1.82, 2.24) is 0 Å². The Bertz CT molecular complexity index is 623. The van der Waals surface area contributed by atoms with Crippen LogP contribution >= 0.6 is 15.9 Å². The van der Waals surface area contributed by atoms with Gasteiger partial charge in [-0.05, 0) is 71.2 Å². The average molecular weight is 347 g/mol. The highest BCUT2D eigenvalue weighted by Gasteiger charge is 2.08.